The Bertz CT molecular complexity index is 324. The first-order valence-corrected chi connectivity index (χ1v) is 8.17. The fraction of sp³-hybridized carbons (Fsp3) is 0.867. The Kier molecular flexibility index (Phi) is 7.45. The molecule has 1 aliphatic carbocycles. The number of carbonyl (C=O) groups is 1. The SMILES string of the molecule is CCC(CC)(C(=O)NCCOC1CCCCC1)C(N)=S. The van der Waals surface area contributed by atoms with E-state index in [-0.39, 0.29) is 10.9 Å². The Morgan fingerprint density at radius 1 is 1.30 bits per heavy atom. The van der Waals surface area contributed by atoms with Gasteiger partial charge in [-0.1, -0.05) is 45.3 Å². The minimum atomic E-state index is -0.708. The second kappa shape index (κ2) is 8.57. The molecule has 20 heavy (non-hydrogen) atoms. The molecule has 0 spiro atoms. The highest BCUT2D eigenvalue weighted by Crippen LogP contribution is 2.27. The van der Waals surface area contributed by atoms with Crippen molar-refractivity contribution in [1.82, 2.24) is 5.32 Å². The van der Waals surface area contributed by atoms with Crippen LogP contribution in [-0.4, -0.2) is 30.2 Å². The Hall–Kier alpha value is -0.680. The summed E-state index contributed by atoms with van der Waals surface area (Å²) in [5, 5.41) is 2.91. The third-order valence-corrected chi connectivity index (χ3v) is 4.80. The predicted octanol–water partition coefficient (Wildman–Crippen LogP) is 2.54. The largest absolute Gasteiger partial charge is 0.392 e. The van der Waals surface area contributed by atoms with Gasteiger partial charge in [0.25, 0.3) is 0 Å². The number of carbonyl (C=O) groups excluding carboxylic acids is 1. The number of nitrogens with two attached hydrogens (primary N) is 1. The molecule has 0 aromatic rings. The summed E-state index contributed by atoms with van der Waals surface area (Å²) in [5.74, 6) is -0.0674. The molecule has 1 rings (SSSR count). The van der Waals surface area contributed by atoms with Crippen molar-refractivity contribution >= 4 is 23.1 Å². The Balaban J connectivity index is 2.32. The van der Waals surface area contributed by atoms with Crippen LogP contribution in [0.5, 0.6) is 0 Å². The molecular formula is C15H28N2O2S. The van der Waals surface area contributed by atoms with Gasteiger partial charge in [-0.15, -0.1) is 0 Å². The number of ether oxygens (including phenoxy) is 1. The van der Waals surface area contributed by atoms with Crippen molar-refractivity contribution in [1.29, 1.82) is 0 Å². The Labute approximate surface area is 127 Å². The molecule has 0 atom stereocenters. The van der Waals surface area contributed by atoms with E-state index in [0.717, 1.165) is 12.8 Å². The van der Waals surface area contributed by atoms with Crippen molar-refractivity contribution < 1.29 is 9.53 Å². The lowest BCUT2D eigenvalue weighted by atomic mass is 9.81. The molecule has 0 aliphatic heterocycles. The minimum Gasteiger partial charge on any atom is -0.392 e. The first kappa shape index (κ1) is 17.4. The quantitative estimate of drug-likeness (QED) is 0.534. The average molecular weight is 300 g/mol. The van der Waals surface area contributed by atoms with Gasteiger partial charge in [-0.05, 0) is 25.7 Å². The smallest absolute Gasteiger partial charge is 0.233 e. The molecule has 1 aliphatic rings. The van der Waals surface area contributed by atoms with Crippen LogP contribution < -0.4 is 11.1 Å². The summed E-state index contributed by atoms with van der Waals surface area (Å²) in [6.45, 7) is 4.98. The summed E-state index contributed by atoms with van der Waals surface area (Å²) in [7, 11) is 0. The molecule has 0 unspecified atom stereocenters. The topological polar surface area (TPSA) is 64.3 Å². The van der Waals surface area contributed by atoms with E-state index in [1.807, 2.05) is 13.8 Å². The summed E-state index contributed by atoms with van der Waals surface area (Å²) < 4.78 is 5.79. The molecule has 3 N–H and O–H groups in total. The summed E-state index contributed by atoms with van der Waals surface area (Å²) in [6.07, 6.45) is 7.77. The van der Waals surface area contributed by atoms with Crippen LogP contribution in [-0.2, 0) is 9.53 Å². The Morgan fingerprint density at radius 2 is 1.90 bits per heavy atom. The third-order valence-electron chi connectivity index (χ3n) is 4.41. The number of rotatable bonds is 8. The van der Waals surface area contributed by atoms with Crippen molar-refractivity contribution in [2.24, 2.45) is 11.1 Å². The molecule has 116 valence electrons. The van der Waals surface area contributed by atoms with Gasteiger partial charge in [0, 0.05) is 6.54 Å². The molecular weight excluding hydrogens is 272 g/mol. The van der Waals surface area contributed by atoms with E-state index in [4.69, 9.17) is 22.7 Å². The van der Waals surface area contributed by atoms with Crippen molar-refractivity contribution in [2.45, 2.75) is 64.9 Å². The fourth-order valence-electron chi connectivity index (χ4n) is 2.82. The summed E-state index contributed by atoms with van der Waals surface area (Å²) in [5.41, 5.74) is 5.05. The summed E-state index contributed by atoms with van der Waals surface area (Å²) in [4.78, 5) is 12.6. The van der Waals surface area contributed by atoms with Crippen LogP contribution in [0.25, 0.3) is 0 Å². The monoisotopic (exact) mass is 300 g/mol. The van der Waals surface area contributed by atoms with Crippen molar-refractivity contribution in [3.63, 3.8) is 0 Å². The molecule has 1 amide bonds. The van der Waals surface area contributed by atoms with Crippen LogP contribution in [0.2, 0.25) is 0 Å². The van der Waals surface area contributed by atoms with Crippen LogP contribution >= 0.6 is 12.2 Å². The molecule has 0 saturated heterocycles. The number of amides is 1. The van der Waals surface area contributed by atoms with Gasteiger partial charge in [0.2, 0.25) is 5.91 Å². The number of thiocarbonyl (C=S) groups is 1. The highest BCUT2D eigenvalue weighted by atomic mass is 32.1. The first-order chi connectivity index (χ1) is 9.56. The normalized spacial score (nSPS) is 16.9. The number of hydrogen-bond acceptors (Lipinski definition) is 3. The van der Waals surface area contributed by atoms with Gasteiger partial charge in [0.1, 0.15) is 0 Å². The summed E-state index contributed by atoms with van der Waals surface area (Å²) >= 11 is 5.07. The summed E-state index contributed by atoms with van der Waals surface area (Å²) in [6, 6.07) is 0. The zero-order valence-electron chi connectivity index (χ0n) is 12.7. The molecule has 5 heteroatoms. The number of hydrogen-bond donors (Lipinski definition) is 2. The maximum absolute atomic E-state index is 12.3. The van der Waals surface area contributed by atoms with Crippen molar-refractivity contribution in [3.8, 4) is 0 Å². The van der Waals surface area contributed by atoms with E-state index in [1.54, 1.807) is 0 Å². The lowest BCUT2D eigenvalue weighted by molar-refractivity contribution is -0.128. The molecule has 0 bridgehead atoms. The molecule has 1 fully saturated rings. The lowest BCUT2D eigenvalue weighted by Gasteiger charge is -2.29. The maximum Gasteiger partial charge on any atom is 0.233 e. The van der Waals surface area contributed by atoms with Crippen LogP contribution in [0, 0.1) is 5.41 Å². The third kappa shape index (κ3) is 4.42. The number of nitrogens with one attached hydrogen (secondary N) is 1. The zero-order valence-corrected chi connectivity index (χ0v) is 13.6. The maximum atomic E-state index is 12.3. The Morgan fingerprint density at radius 3 is 2.40 bits per heavy atom. The second-order valence-electron chi connectivity index (χ2n) is 5.54. The van der Waals surface area contributed by atoms with Crippen molar-refractivity contribution in [2.75, 3.05) is 13.2 Å². The van der Waals surface area contributed by atoms with E-state index in [1.165, 1.54) is 19.3 Å². The van der Waals surface area contributed by atoms with Crippen LogP contribution in [0.1, 0.15) is 58.8 Å². The van der Waals surface area contributed by atoms with Gasteiger partial charge in [-0.2, -0.15) is 0 Å². The predicted molar refractivity (Wildman–Crippen MR) is 85.6 cm³/mol. The van der Waals surface area contributed by atoms with Crippen LogP contribution in [0.3, 0.4) is 0 Å². The molecule has 0 radical (unpaired) electrons. The lowest BCUT2D eigenvalue weighted by Crippen LogP contribution is -2.49. The molecule has 0 aromatic carbocycles. The second-order valence-corrected chi connectivity index (χ2v) is 5.98. The fourth-order valence-corrected chi connectivity index (χ4v) is 3.20. The van der Waals surface area contributed by atoms with Gasteiger partial charge in [-0.3, -0.25) is 4.79 Å². The van der Waals surface area contributed by atoms with Gasteiger partial charge in [0.15, 0.2) is 0 Å². The standard InChI is InChI=1S/C15H28N2O2S/c1-3-15(4-2,13(16)20)14(18)17-10-11-19-12-8-6-5-7-9-12/h12H,3-11H2,1-2H3,(H2,16,20)(H,17,18). The molecule has 0 heterocycles. The van der Waals surface area contributed by atoms with Crippen LogP contribution in [0.15, 0.2) is 0 Å². The first-order valence-electron chi connectivity index (χ1n) is 7.76. The molecule has 0 aromatic heterocycles. The average Bonchev–Trinajstić information content (AvgIpc) is 2.46. The molecule has 1 saturated carbocycles. The van der Waals surface area contributed by atoms with E-state index in [0.29, 0.717) is 32.1 Å². The van der Waals surface area contributed by atoms with Gasteiger partial charge < -0.3 is 15.8 Å². The minimum absolute atomic E-state index is 0.0674. The highest BCUT2D eigenvalue weighted by molar-refractivity contribution is 7.80. The van der Waals surface area contributed by atoms with Crippen LogP contribution in [0.4, 0.5) is 0 Å². The molecule has 4 nitrogen and oxygen atoms in total. The van der Waals surface area contributed by atoms with E-state index in [9.17, 15) is 4.79 Å². The van der Waals surface area contributed by atoms with Gasteiger partial charge in [-0.25, -0.2) is 0 Å². The van der Waals surface area contributed by atoms with Gasteiger partial charge in [0.05, 0.1) is 23.1 Å². The zero-order chi connectivity index (χ0) is 15.0. The van der Waals surface area contributed by atoms with Gasteiger partial charge >= 0.3 is 0 Å². The van der Waals surface area contributed by atoms with Crippen molar-refractivity contribution in [3.05, 3.63) is 0 Å². The van der Waals surface area contributed by atoms with E-state index in [2.05, 4.69) is 5.32 Å². The van der Waals surface area contributed by atoms with E-state index < -0.39 is 5.41 Å². The highest BCUT2D eigenvalue weighted by Gasteiger charge is 2.37. The van der Waals surface area contributed by atoms with E-state index >= 15 is 0 Å².